The molecule has 4 rings (SSSR count). The summed E-state index contributed by atoms with van der Waals surface area (Å²) in [6, 6.07) is 14.1. The van der Waals surface area contributed by atoms with E-state index in [0.29, 0.717) is 0 Å². The summed E-state index contributed by atoms with van der Waals surface area (Å²) in [6.07, 6.45) is 3.57. The lowest BCUT2D eigenvalue weighted by molar-refractivity contribution is 0.416. The van der Waals surface area contributed by atoms with E-state index >= 15 is 0 Å². The minimum absolute atomic E-state index is 0.726. The summed E-state index contributed by atoms with van der Waals surface area (Å²) in [6.45, 7) is 2.01. The van der Waals surface area contributed by atoms with Crippen molar-refractivity contribution in [3.63, 3.8) is 0 Å². The minimum Gasteiger partial charge on any atom is -0.493 e. The maximum Gasteiger partial charge on any atom is 0.198 e. The van der Waals surface area contributed by atoms with Crippen molar-refractivity contribution < 1.29 is 4.74 Å². The van der Waals surface area contributed by atoms with Gasteiger partial charge in [0, 0.05) is 37.3 Å². The van der Waals surface area contributed by atoms with Crippen LogP contribution >= 0.6 is 0 Å². The number of aromatic nitrogens is 5. The Kier molecular flexibility index (Phi) is 4.16. The molecule has 4 aromatic rings. The zero-order valence-electron chi connectivity index (χ0n) is 15.2. The highest BCUT2D eigenvalue weighted by Gasteiger charge is 2.12. The number of fused-ring (bicyclic) bond motifs is 1. The van der Waals surface area contributed by atoms with Gasteiger partial charge in [-0.3, -0.25) is 0 Å². The molecular weight excluding hydrogens is 325 g/mol. The van der Waals surface area contributed by atoms with Crippen LogP contribution in [0.5, 0.6) is 5.75 Å². The van der Waals surface area contributed by atoms with Crippen LogP contribution in [-0.2, 0) is 19.9 Å². The molecular formula is C20H21N5O. The number of benzene rings is 1. The van der Waals surface area contributed by atoms with Gasteiger partial charge in [-0.15, -0.1) is 0 Å². The van der Waals surface area contributed by atoms with Crippen LogP contribution in [0.3, 0.4) is 0 Å². The Hall–Kier alpha value is -3.15. The second-order valence-electron chi connectivity index (χ2n) is 6.33. The molecule has 0 saturated heterocycles. The molecule has 1 aromatic carbocycles. The summed E-state index contributed by atoms with van der Waals surface area (Å²) in [7, 11) is 3.68. The molecule has 0 aliphatic carbocycles. The minimum atomic E-state index is 0.726. The Bertz CT molecular complexity index is 1050. The average molecular weight is 346 g/mol. The van der Waals surface area contributed by atoms with Gasteiger partial charge in [-0.2, -0.15) is 5.10 Å². The lowest BCUT2D eigenvalue weighted by Crippen LogP contribution is -2.01. The first kappa shape index (κ1) is 16.3. The van der Waals surface area contributed by atoms with Crippen molar-refractivity contribution in [1.82, 2.24) is 24.1 Å². The Labute approximate surface area is 152 Å². The van der Waals surface area contributed by atoms with Crippen molar-refractivity contribution in [1.29, 1.82) is 0 Å². The van der Waals surface area contributed by atoms with E-state index in [-0.39, 0.29) is 0 Å². The van der Waals surface area contributed by atoms with E-state index in [1.54, 1.807) is 7.11 Å². The van der Waals surface area contributed by atoms with Crippen LogP contribution in [0, 0.1) is 6.92 Å². The maximum atomic E-state index is 5.39. The third-order valence-electron chi connectivity index (χ3n) is 4.52. The van der Waals surface area contributed by atoms with Crippen molar-refractivity contribution in [3.05, 3.63) is 66.0 Å². The van der Waals surface area contributed by atoms with Crippen LogP contribution in [0.15, 0.2) is 48.7 Å². The molecule has 0 fully saturated rings. The first-order chi connectivity index (χ1) is 12.7. The van der Waals surface area contributed by atoms with Crippen molar-refractivity contribution in [2.24, 2.45) is 7.05 Å². The molecule has 0 N–H and O–H groups in total. The number of hydrogen-bond acceptors (Lipinski definition) is 4. The third kappa shape index (κ3) is 2.94. The van der Waals surface area contributed by atoms with Crippen molar-refractivity contribution in [2.45, 2.75) is 19.8 Å². The molecule has 0 saturated carbocycles. The summed E-state index contributed by atoms with van der Waals surface area (Å²) >= 11 is 0. The standard InChI is InChI=1S/C20H21N5O/c1-14-9-10-17(26-3)20-22-18(23-25(14)20)11-12-19-21-16(13-24(19)2)15-7-5-4-6-8-15/h4-10,13H,11-12H2,1-3H3/i3-1. The highest BCUT2D eigenvalue weighted by atomic mass is 16.4. The Morgan fingerprint density at radius 1 is 1.00 bits per heavy atom. The Morgan fingerprint density at radius 3 is 2.58 bits per heavy atom. The highest BCUT2D eigenvalue weighted by Crippen LogP contribution is 2.21. The molecule has 0 spiro atoms. The SMILES string of the molecule is Cc1ccc(O[11CH3])c2nc(CCc3nc(-c4ccccc4)cn3C)nn12. The zero-order valence-corrected chi connectivity index (χ0v) is 15.2. The number of imidazole rings is 1. The van der Waals surface area contributed by atoms with Gasteiger partial charge in [-0.25, -0.2) is 14.5 Å². The molecule has 26 heavy (non-hydrogen) atoms. The summed E-state index contributed by atoms with van der Waals surface area (Å²) in [5.74, 6) is 2.55. The number of nitrogens with zero attached hydrogens (tertiary/aromatic N) is 5. The van der Waals surface area contributed by atoms with E-state index in [4.69, 9.17) is 9.72 Å². The quantitative estimate of drug-likeness (QED) is 0.557. The number of hydrogen-bond donors (Lipinski definition) is 0. The fourth-order valence-electron chi connectivity index (χ4n) is 3.08. The van der Waals surface area contributed by atoms with Crippen LogP contribution in [0.1, 0.15) is 17.3 Å². The van der Waals surface area contributed by atoms with Gasteiger partial charge >= 0.3 is 0 Å². The monoisotopic (exact) mass is 346 g/mol. The fraction of sp³-hybridized carbons (Fsp3) is 0.250. The second-order valence-corrected chi connectivity index (χ2v) is 6.33. The molecule has 3 aromatic heterocycles. The van der Waals surface area contributed by atoms with Gasteiger partial charge in [0.25, 0.3) is 0 Å². The molecule has 0 atom stereocenters. The van der Waals surface area contributed by atoms with Crippen LogP contribution in [0.2, 0.25) is 0 Å². The molecule has 0 unspecified atom stereocenters. The molecule has 132 valence electrons. The van der Waals surface area contributed by atoms with Crippen LogP contribution in [0.25, 0.3) is 16.9 Å². The fourth-order valence-corrected chi connectivity index (χ4v) is 3.08. The zero-order chi connectivity index (χ0) is 18.1. The predicted molar refractivity (Wildman–Crippen MR) is 100 cm³/mol. The summed E-state index contributed by atoms with van der Waals surface area (Å²) in [5, 5.41) is 4.62. The van der Waals surface area contributed by atoms with E-state index in [1.807, 2.05) is 48.8 Å². The van der Waals surface area contributed by atoms with Gasteiger partial charge < -0.3 is 9.30 Å². The molecule has 0 aliphatic rings. The van der Waals surface area contributed by atoms with Crippen molar-refractivity contribution in [3.8, 4) is 17.0 Å². The highest BCUT2D eigenvalue weighted by molar-refractivity contribution is 5.58. The maximum absolute atomic E-state index is 5.39. The Balaban J connectivity index is 1.57. The molecule has 0 radical (unpaired) electrons. The van der Waals surface area contributed by atoms with Gasteiger partial charge in [0.1, 0.15) is 5.82 Å². The smallest absolute Gasteiger partial charge is 0.198 e. The van der Waals surface area contributed by atoms with Crippen LogP contribution < -0.4 is 4.74 Å². The number of methoxy groups -OCH3 is 1. The molecule has 6 heteroatoms. The van der Waals surface area contributed by atoms with E-state index in [1.165, 1.54) is 0 Å². The largest absolute Gasteiger partial charge is 0.493 e. The summed E-state index contributed by atoms with van der Waals surface area (Å²) in [5.41, 5.74) is 3.90. The summed E-state index contributed by atoms with van der Waals surface area (Å²) < 4.78 is 9.30. The lowest BCUT2D eigenvalue weighted by Gasteiger charge is -2.02. The van der Waals surface area contributed by atoms with Gasteiger partial charge in [0.15, 0.2) is 17.2 Å². The van der Waals surface area contributed by atoms with E-state index in [2.05, 4.69) is 33.0 Å². The normalized spacial score (nSPS) is 11.2. The topological polar surface area (TPSA) is 57.2 Å². The number of aryl methyl sites for hydroxylation is 4. The lowest BCUT2D eigenvalue weighted by atomic mass is 10.2. The van der Waals surface area contributed by atoms with Crippen LogP contribution in [0.4, 0.5) is 0 Å². The van der Waals surface area contributed by atoms with Gasteiger partial charge in [0.05, 0.1) is 12.8 Å². The predicted octanol–water partition coefficient (Wildman–Crippen LogP) is 3.23. The Morgan fingerprint density at radius 2 is 1.81 bits per heavy atom. The first-order valence-corrected chi connectivity index (χ1v) is 8.62. The number of ether oxygens (including phenoxy) is 1. The number of pyridine rings is 1. The molecule has 0 bridgehead atoms. The van der Waals surface area contributed by atoms with E-state index < -0.39 is 0 Å². The van der Waals surface area contributed by atoms with Crippen molar-refractivity contribution in [2.75, 3.05) is 7.11 Å². The third-order valence-corrected chi connectivity index (χ3v) is 4.52. The molecule has 3 heterocycles. The van der Waals surface area contributed by atoms with E-state index in [9.17, 15) is 0 Å². The summed E-state index contributed by atoms with van der Waals surface area (Å²) in [4.78, 5) is 9.42. The second kappa shape index (κ2) is 6.63. The van der Waals surface area contributed by atoms with Crippen molar-refractivity contribution >= 4 is 5.65 Å². The molecule has 0 amide bonds. The van der Waals surface area contributed by atoms with Gasteiger partial charge in [0.2, 0.25) is 0 Å². The average Bonchev–Trinajstić information content (AvgIpc) is 3.25. The molecule has 6 nitrogen and oxygen atoms in total. The first-order valence-electron chi connectivity index (χ1n) is 8.62. The van der Waals surface area contributed by atoms with Gasteiger partial charge in [-0.05, 0) is 19.1 Å². The van der Waals surface area contributed by atoms with E-state index in [0.717, 1.165) is 52.8 Å². The number of rotatable bonds is 5. The van der Waals surface area contributed by atoms with Gasteiger partial charge in [-0.1, -0.05) is 30.3 Å². The van der Waals surface area contributed by atoms with Crippen LogP contribution in [-0.4, -0.2) is 31.3 Å². The molecule has 0 aliphatic heterocycles.